The molecular weight excluding hydrogens is 348 g/mol. The Morgan fingerprint density at radius 1 is 0.893 bits per heavy atom. The van der Waals surface area contributed by atoms with Crippen LogP contribution in [0.3, 0.4) is 0 Å². The van der Waals surface area contributed by atoms with E-state index in [1.165, 1.54) is 6.08 Å². The normalized spacial score (nSPS) is 10.7. The van der Waals surface area contributed by atoms with Crippen LogP contribution in [0.5, 0.6) is 11.5 Å². The molecule has 0 bridgehead atoms. The van der Waals surface area contributed by atoms with Crippen molar-refractivity contribution in [3.63, 3.8) is 0 Å². The summed E-state index contributed by atoms with van der Waals surface area (Å²) in [5, 5.41) is 21.4. The highest BCUT2D eigenvalue weighted by Crippen LogP contribution is 2.36. The molecule has 146 valence electrons. The highest BCUT2D eigenvalue weighted by atomic mass is 16.3. The van der Waals surface area contributed by atoms with E-state index in [0.29, 0.717) is 24.0 Å². The number of phenols is 2. The summed E-state index contributed by atoms with van der Waals surface area (Å²) in [4.78, 5) is 12.8. The molecule has 0 aromatic heterocycles. The van der Waals surface area contributed by atoms with Crippen molar-refractivity contribution >= 4 is 11.9 Å². The number of carbonyl (C=O) groups is 1. The molecule has 28 heavy (non-hydrogen) atoms. The van der Waals surface area contributed by atoms with Crippen LogP contribution in [0.1, 0.15) is 54.7 Å². The minimum atomic E-state index is -0.293. The zero-order valence-electron chi connectivity index (χ0n) is 17.0. The van der Waals surface area contributed by atoms with Crippen molar-refractivity contribution in [3.8, 4) is 11.5 Å². The van der Waals surface area contributed by atoms with Crippen molar-refractivity contribution < 1.29 is 15.0 Å². The SMILES string of the molecule is CC(C)=CCc1cc(C(=O)/C=C/c2ccccc2)c(O)c(CC=C(C)C)c1O. The maximum Gasteiger partial charge on any atom is 0.189 e. The molecule has 0 spiro atoms. The average molecular weight is 376 g/mol. The number of ketones is 1. The van der Waals surface area contributed by atoms with E-state index in [2.05, 4.69) is 0 Å². The second-order valence-electron chi connectivity index (χ2n) is 7.34. The quantitative estimate of drug-likeness (QED) is 0.353. The summed E-state index contributed by atoms with van der Waals surface area (Å²) >= 11 is 0. The number of benzene rings is 2. The summed E-state index contributed by atoms with van der Waals surface area (Å²) in [6.45, 7) is 7.87. The summed E-state index contributed by atoms with van der Waals surface area (Å²) < 4.78 is 0. The Morgan fingerprint density at radius 3 is 2.11 bits per heavy atom. The van der Waals surface area contributed by atoms with Crippen LogP contribution in [-0.4, -0.2) is 16.0 Å². The lowest BCUT2D eigenvalue weighted by Gasteiger charge is -2.14. The molecule has 2 N–H and O–H groups in total. The Kier molecular flexibility index (Phi) is 7.39. The largest absolute Gasteiger partial charge is 0.507 e. The van der Waals surface area contributed by atoms with Crippen LogP contribution in [0.25, 0.3) is 6.08 Å². The summed E-state index contributed by atoms with van der Waals surface area (Å²) in [7, 11) is 0. The molecule has 0 saturated heterocycles. The lowest BCUT2D eigenvalue weighted by Crippen LogP contribution is -2.01. The molecule has 0 fully saturated rings. The number of carbonyl (C=O) groups excluding carboxylic acids is 1. The highest BCUT2D eigenvalue weighted by Gasteiger charge is 2.19. The first-order valence-electron chi connectivity index (χ1n) is 9.40. The van der Waals surface area contributed by atoms with E-state index >= 15 is 0 Å². The summed E-state index contributed by atoms with van der Waals surface area (Å²) in [5.41, 5.74) is 4.33. The third-order valence-electron chi connectivity index (χ3n) is 4.39. The Morgan fingerprint density at radius 2 is 1.50 bits per heavy atom. The van der Waals surface area contributed by atoms with Gasteiger partial charge in [0.15, 0.2) is 5.78 Å². The Hall–Kier alpha value is -3.07. The smallest absolute Gasteiger partial charge is 0.189 e. The predicted molar refractivity (Wildman–Crippen MR) is 116 cm³/mol. The van der Waals surface area contributed by atoms with E-state index in [1.54, 1.807) is 12.1 Å². The number of aromatic hydroxyl groups is 2. The fourth-order valence-electron chi connectivity index (χ4n) is 2.76. The molecule has 0 heterocycles. The van der Waals surface area contributed by atoms with Crippen LogP contribution in [0.4, 0.5) is 0 Å². The molecule has 0 unspecified atom stereocenters. The van der Waals surface area contributed by atoms with Gasteiger partial charge in [0.2, 0.25) is 0 Å². The van der Waals surface area contributed by atoms with Crippen molar-refractivity contribution in [3.05, 3.63) is 88.0 Å². The van der Waals surface area contributed by atoms with E-state index in [0.717, 1.165) is 16.7 Å². The number of hydrogen-bond donors (Lipinski definition) is 2. The first kappa shape index (κ1) is 21.2. The van der Waals surface area contributed by atoms with E-state index < -0.39 is 0 Å². The van der Waals surface area contributed by atoms with Gasteiger partial charge in [-0.15, -0.1) is 0 Å². The van der Waals surface area contributed by atoms with Crippen molar-refractivity contribution in [2.75, 3.05) is 0 Å². The molecule has 0 amide bonds. The molecule has 3 heteroatoms. The molecular formula is C25H28O3. The van der Waals surface area contributed by atoms with Crippen LogP contribution in [-0.2, 0) is 12.8 Å². The number of hydrogen-bond acceptors (Lipinski definition) is 3. The van der Waals surface area contributed by atoms with Gasteiger partial charge in [-0.2, -0.15) is 0 Å². The molecule has 0 atom stereocenters. The molecule has 0 aliphatic carbocycles. The number of rotatable bonds is 7. The van der Waals surface area contributed by atoms with Gasteiger partial charge >= 0.3 is 0 Å². The lowest BCUT2D eigenvalue weighted by molar-refractivity contribution is 0.104. The van der Waals surface area contributed by atoms with Crippen molar-refractivity contribution in [1.29, 1.82) is 0 Å². The molecule has 2 aromatic carbocycles. The molecule has 0 aliphatic rings. The Bertz CT molecular complexity index is 924. The zero-order chi connectivity index (χ0) is 20.7. The van der Waals surface area contributed by atoms with Crippen LogP contribution in [0.15, 0.2) is 65.8 Å². The third kappa shape index (κ3) is 5.71. The minimum absolute atomic E-state index is 0.0519. The first-order valence-corrected chi connectivity index (χ1v) is 9.40. The average Bonchev–Trinajstić information content (AvgIpc) is 2.66. The van der Waals surface area contributed by atoms with E-state index in [-0.39, 0.29) is 22.8 Å². The van der Waals surface area contributed by atoms with Gasteiger partial charge < -0.3 is 10.2 Å². The molecule has 0 saturated carbocycles. The number of phenolic OH excluding ortho intramolecular Hbond substituents is 2. The molecule has 2 aromatic rings. The van der Waals surface area contributed by atoms with Crippen LogP contribution < -0.4 is 0 Å². The Balaban J connectivity index is 2.48. The maximum atomic E-state index is 12.8. The van der Waals surface area contributed by atoms with Gasteiger partial charge in [-0.25, -0.2) is 0 Å². The van der Waals surface area contributed by atoms with Gasteiger partial charge in [0.05, 0.1) is 5.56 Å². The third-order valence-corrected chi connectivity index (χ3v) is 4.39. The Labute approximate surface area is 167 Å². The van der Waals surface area contributed by atoms with Crippen LogP contribution >= 0.6 is 0 Å². The maximum absolute atomic E-state index is 12.8. The van der Waals surface area contributed by atoms with E-state index in [4.69, 9.17) is 0 Å². The topological polar surface area (TPSA) is 57.5 Å². The monoisotopic (exact) mass is 376 g/mol. The van der Waals surface area contributed by atoms with Gasteiger partial charge in [0.1, 0.15) is 11.5 Å². The predicted octanol–water partition coefficient (Wildman–Crippen LogP) is 6.01. The van der Waals surface area contributed by atoms with E-state index in [9.17, 15) is 15.0 Å². The van der Waals surface area contributed by atoms with Gasteiger partial charge in [-0.05, 0) is 63.8 Å². The lowest BCUT2D eigenvalue weighted by atomic mass is 9.95. The van der Waals surface area contributed by atoms with Crippen LogP contribution in [0.2, 0.25) is 0 Å². The molecule has 0 radical (unpaired) electrons. The molecule has 2 rings (SSSR count). The van der Waals surface area contributed by atoms with Gasteiger partial charge in [0.25, 0.3) is 0 Å². The van der Waals surface area contributed by atoms with Crippen molar-refractivity contribution in [1.82, 2.24) is 0 Å². The molecule has 3 nitrogen and oxygen atoms in total. The summed E-state index contributed by atoms with van der Waals surface area (Å²) in [6, 6.07) is 11.1. The highest BCUT2D eigenvalue weighted by molar-refractivity contribution is 6.09. The van der Waals surface area contributed by atoms with Gasteiger partial charge in [-0.3, -0.25) is 4.79 Å². The molecule has 0 aliphatic heterocycles. The second kappa shape index (κ2) is 9.75. The fourth-order valence-corrected chi connectivity index (χ4v) is 2.76. The summed E-state index contributed by atoms with van der Waals surface area (Å²) in [5.74, 6) is -0.395. The fraction of sp³-hybridized carbons (Fsp3) is 0.240. The van der Waals surface area contributed by atoms with Crippen molar-refractivity contribution in [2.24, 2.45) is 0 Å². The minimum Gasteiger partial charge on any atom is -0.507 e. The van der Waals surface area contributed by atoms with Gasteiger partial charge in [-0.1, -0.05) is 59.7 Å². The standard InChI is InChI=1S/C25H28O3/c1-17(2)10-13-20-16-22(23(26)15-12-19-8-6-5-7-9-19)25(28)21(24(20)27)14-11-18(3)4/h5-12,15-16,27-28H,13-14H2,1-4H3/b15-12+. The summed E-state index contributed by atoms with van der Waals surface area (Å²) in [6.07, 6.45) is 7.96. The first-order chi connectivity index (χ1) is 13.3. The van der Waals surface area contributed by atoms with Crippen LogP contribution in [0, 0.1) is 0 Å². The zero-order valence-corrected chi connectivity index (χ0v) is 17.0. The van der Waals surface area contributed by atoms with E-state index in [1.807, 2.05) is 70.2 Å². The second-order valence-corrected chi connectivity index (χ2v) is 7.34. The van der Waals surface area contributed by atoms with Gasteiger partial charge in [0, 0.05) is 5.56 Å². The van der Waals surface area contributed by atoms with Crippen molar-refractivity contribution in [2.45, 2.75) is 40.5 Å². The number of allylic oxidation sites excluding steroid dienone is 5.